The van der Waals surface area contributed by atoms with Crippen LogP contribution >= 0.6 is 0 Å². The average molecular weight is 366 g/mol. The predicted octanol–water partition coefficient (Wildman–Crippen LogP) is 3.14. The highest BCUT2D eigenvalue weighted by molar-refractivity contribution is 5.73. The Morgan fingerprint density at radius 1 is 1.15 bits per heavy atom. The third-order valence-electron chi connectivity index (χ3n) is 4.26. The molecular weight excluding hydrogens is 344 g/mol. The number of hydrogen-bond acceptors (Lipinski definition) is 5. The van der Waals surface area contributed by atoms with Crippen LogP contribution in [0.25, 0.3) is 11.4 Å². The van der Waals surface area contributed by atoms with Crippen LogP contribution in [0.2, 0.25) is 0 Å². The number of carboxylic acids is 1. The van der Waals surface area contributed by atoms with Crippen LogP contribution in [0.5, 0.6) is 5.75 Å². The van der Waals surface area contributed by atoms with Crippen molar-refractivity contribution in [1.29, 1.82) is 0 Å². The molecule has 140 valence electrons. The summed E-state index contributed by atoms with van der Waals surface area (Å²) in [6.07, 6.45) is 6.25. The van der Waals surface area contributed by atoms with E-state index < -0.39 is 11.4 Å². The molecule has 0 fully saturated rings. The monoisotopic (exact) mass is 366 g/mol. The van der Waals surface area contributed by atoms with Crippen LogP contribution in [0, 0.1) is 5.41 Å². The highest BCUT2D eigenvalue weighted by Crippen LogP contribution is 2.21. The lowest BCUT2D eigenvalue weighted by Crippen LogP contribution is -2.26. The molecule has 0 saturated heterocycles. The minimum atomic E-state index is -0.826. The second-order valence-electron chi connectivity index (χ2n) is 6.97. The van der Waals surface area contributed by atoms with Gasteiger partial charge < -0.3 is 9.84 Å². The SMILES string of the molecule is CC(C)(Cc1ccc(CCOc2ccc(-c3ccn[nH]3)nc2)cn1)C(=O)O. The second kappa shape index (κ2) is 7.99. The number of aromatic nitrogens is 4. The van der Waals surface area contributed by atoms with Gasteiger partial charge in [-0.15, -0.1) is 0 Å². The Labute approximate surface area is 157 Å². The number of aromatic amines is 1. The highest BCUT2D eigenvalue weighted by atomic mass is 16.5. The molecule has 0 aliphatic carbocycles. The Morgan fingerprint density at radius 3 is 2.59 bits per heavy atom. The molecule has 3 heterocycles. The first-order valence-electron chi connectivity index (χ1n) is 8.70. The molecule has 7 heteroatoms. The summed E-state index contributed by atoms with van der Waals surface area (Å²) in [5.41, 5.74) is 2.65. The molecule has 0 aliphatic rings. The maximum atomic E-state index is 11.2. The van der Waals surface area contributed by atoms with E-state index in [-0.39, 0.29) is 0 Å². The fourth-order valence-electron chi connectivity index (χ4n) is 2.55. The Hall–Kier alpha value is -3.22. The highest BCUT2D eigenvalue weighted by Gasteiger charge is 2.27. The van der Waals surface area contributed by atoms with Crippen LogP contribution in [-0.4, -0.2) is 37.8 Å². The van der Waals surface area contributed by atoms with Gasteiger partial charge in [-0.05, 0) is 43.7 Å². The topological polar surface area (TPSA) is 101 Å². The van der Waals surface area contributed by atoms with Crippen LogP contribution < -0.4 is 4.74 Å². The first-order chi connectivity index (χ1) is 12.9. The standard InChI is InChI=1S/C20H22N4O3/c1-20(2,19(25)26)11-15-4-3-14(12-21-15)8-10-27-16-5-6-17(22-13-16)18-7-9-23-24-18/h3-7,9,12-13H,8,10-11H2,1-2H3,(H,23,24)(H,25,26). The van der Waals surface area contributed by atoms with Gasteiger partial charge in [0, 0.05) is 30.9 Å². The smallest absolute Gasteiger partial charge is 0.309 e. The van der Waals surface area contributed by atoms with Crippen molar-refractivity contribution in [3.63, 3.8) is 0 Å². The maximum Gasteiger partial charge on any atom is 0.309 e. The molecule has 0 amide bonds. The van der Waals surface area contributed by atoms with Crippen LogP contribution in [-0.2, 0) is 17.6 Å². The zero-order valence-corrected chi connectivity index (χ0v) is 15.3. The van der Waals surface area contributed by atoms with Gasteiger partial charge in [-0.2, -0.15) is 5.10 Å². The maximum absolute atomic E-state index is 11.2. The number of hydrogen-bond donors (Lipinski definition) is 2. The first kappa shape index (κ1) is 18.6. The van der Waals surface area contributed by atoms with Gasteiger partial charge in [0.25, 0.3) is 0 Å². The Kier molecular flexibility index (Phi) is 5.49. The van der Waals surface area contributed by atoms with E-state index in [0.29, 0.717) is 25.2 Å². The molecule has 0 spiro atoms. The number of ether oxygens (including phenoxy) is 1. The number of H-pyrrole nitrogens is 1. The van der Waals surface area contributed by atoms with E-state index in [1.54, 1.807) is 32.4 Å². The van der Waals surface area contributed by atoms with Crippen molar-refractivity contribution in [2.75, 3.05) is 6.61 Å². The molecule has 0 aromatic carbocycles. The quantitative estimate of drug-likeness (QED) is 0.635. The lowest BCUT2D eigenvalue weighted by atomic mass is 9.88. The van der Waals surface area contributed by atoms with E-state index >= 15 is 0 Å². The molecule has 0 radical (unpaired) electrons. The van der Waals surface area contributed by atoms with Crippen LogP contribution in [0.15, 0.2) is 48.9 Å². The Morgan fingerprint density at radius 2 is 2.00 bits per heavy atom. The summed E-state index contributed by atoms with van der Waals surface area (Å²) < 4.78 is 5.73. The fourth-order valence-corrected chi connectivity index (χ4v) is 2.55. The Bertz CT molecular complexity index is 873. The van der Waals surface area contributed by atoms with Crippen molar-refractivity contribution >= 4 is 5.97 Å². The summed E-state index contributed by atoms with van der Waals surface area (Å²) in [6, 6.07) is 9.45. The lowest BCUT2D eigenvalue weighted by molar-refractivity contribution is -0.146. The molecule has 3 rings (SSSR count). The summed E-state index contributed by atoms with van der Waals surface area (Å²) in [5.74, 6) is -0.125. The molecule has 27 heavy (non-hydrogen) atoms. The third-order valence-corrected chi connectivity index (χ3v) is 4.26. The zero-order valence-electron chi connectivity index (χ0n) is 15.3. The predicted molar refractivity (Wildman–Crippen MR) is 100 cm³/mol. The van der Waals surface area contributed by atoms with Gasteiger partial charge >= 0.3 is 5.97 Å². The molecule has 7 nitrogen and oxygen atoms in total. The van der Waals surface area contributed by atoms with Crippen LogP contribution in [0.1, 0.15) is 25.1 Å². The number of nitrogens with zero attached hydrogens (tertiary/aromatic N) is 3. The van der Waals surface area contributed by atoms with Crippen molar-refractivity contribution in [3.8, 4) is 17.1 Å². The molecule has 0 bridgehead atoms. The zero-order chi connectivity index (χ0) is 19.3. The largest absolute Gasteiger partial charge is 0.492 e. The molecule has 0 aliphatic heterocycles. The first-order valence-corrected chi connectivity index (χ1v) is 8.70. The van der Waals surface area contributed by atoms with Gasteiger partial charge in [-0.25, -0.2) is 0 Å². The van der Waals surface area contributed by atoms with Crippen molar-refractivity contribution in [2.45, 2.75) is 26.7 Å². The van der Waals surface area contributed by atoms with Gasteiger partial charge in [-0.1, -0.05) is 6.07 Å². The van der Waals surface area contributed by atoms with Gasteiger partial charge in [0.1, 0.15) is 5.75 Å². The number of carboxylic acid groups (broad SMARTS) is 1. The van der Waals surface area contributed by atoms with Gasteiger partial charge in [0.2, 0.25) is 0 Å². The van der Waals surface area contributed by atoms with Crippen LogP contribution in [0.3, 0.4) is 0 Å². The molecular formula is C20H22N4O3. The summed E-state index contributed by atoms with van der Waals surface area (Å²) in [6.45, 7) is 3.90. The van der Waals surface area contributed by atoms with Crippen molar-refractivity contribution in [3.05, 3.63) is 60.2 Å². The summed E-state index contributed by atoms with van der Waals surface area (Å²) in [5, 5.41) is 16.0. The molecule has 3 aromatic heterocycles. The molecule has 0 atom stereocenters. The normalized spacial score (nSPS) is 11.3. The molecule has 0 saturated carbocycles. The minimum absolute atomic E-state index is 0.396. The summed E-state index contributed by atoms with van der Waals surface area (Å²) in [7, 11) is 0. The van der Waals surface area contributed by atoms with Gasteiger partial charge in [-0.3, -0.25) is 19.9 Å². The number of carbonyl (C=O) groups is 1. The van der Waals surface area contributed by atoms with E-state index in [1.165, 1.54) is 0 Å². The van der Waals surface area contributed by atoms with Crippen LogP contribution in [0.4, 0.5) is 0 Å². The van der Waals surface area contributed by atoms with E-state index in [9.17, 15) is 9.90 Å². The number of pyridine rings is 2. The molecule has 2 N–H and O–H groups in total. The van der Waals surface area contributed by atoms with Crippen molar-refractivity contribution in [2.24, 2.45) is 5.41 Å². The average Bonchev–Trinajstić information content (AvgIpc) is 3.18. The molecule has 0 unspecified atom stereocenters. The van der Waals surface area contributed by atoms with Gasteiger partial charge in [0.15, 0.2) is 0 Å². The number of nitrogens with one attached hydrogen (secondary N) is 1. The van der Waals surface area contributed by atoms with Gasteiger partial charge in [0.05, 0.1) is 29.6 Å². The third kappa shape index (κ3) is 4.91. The second-order valence-corrected chi connectivity index (χ2v) is 6.97. The molecule has 3 aromatic rings. The van der Waals surface area contributed by atoms with E-state index in [1.807, 2.05) is 30.3 Å². The fraction of sp³-hybridized carbons (Fsp3) is 0.300. The number of rotatable bonds is 8. The van der Waals surface area contributed by atoms with E-state index in [2.05, 4.69) is 20.2 Å². The summed E-state index contributed by atoms with van der Waals surface area (Å²) in [4.78, 5) is 19.9. The van der Waals surface area contributed by atoms with Crippen molar-refractivity contribution in [1.82, 2.24) is 20.2 Å². The van der Waals surface area contributed by atoms with E-state index in [0.717, 1.165) is 22.6 Å². The number of aliphatic carboxylic acids is 1. The van der Waals surface area contributed by atoms with Crippen molar-refractivity contribution < 1.29 is 14.6 Å². The Balaban J connectivity index is 1.50. The summed E-state index contributed by atoms with van der Waals surface area (Å²) >= 11 is 0. The lowest BCUT2D eigenvalue weighted by Gasteiger charge is -2.18. The van der Waals surface area contributed by atoms with E-state index in [4.69, 9.17) is 4.74 Å². The minimum Gasteiger partial charge on any atom is -0.492 e.